The van der Waals surface area contributed by atoms with Crippen molar-refractivity contribution >= 4 is 5.97 Å². The molecule has 0 aliphatic rings. The number of aliphatic hydroxyl groups is 1. The Labute approximate surface area is 156 Å². The second-order valence-electron chi connectivity index (χ2n) is 8.46. The normalized spacial score (nSPS) is 13.0. The van der Waals surface area contributed by atoms with E-state index in [0.29, 0.717) is 6.42 Å². The van der Waals surface area contributed by atoms with Gasteiger partial charge in [0, 0.05) is 6.42 Å². The lowest BCUT2D eigenvalue weighted by molar-refractivity contribution is -0.154. The van der Waals surface area contributed by atoms with Gasteiger partial charge < -0.3 is 9.84 Å². The summed E-state index contributed by atoms with van der Waals surface area (Å²) in [5, 5.41) is 10.0. The summed E-state index contributed by atoms with van der Waals surface area (Å²) in [7, 11) is 0. The van der Waals surface area contributed by atoms with E-state index in [1.165, 1.54) is 44.9 Å². The van der Waals surface area contributed by atoms with Crippen molar-refractivity contribution in [2.45, 2.75) is 136 Å². The lowest BCUT2D eigenvalue weighted by Gasteiger charge is -2.19. The van der Waals surface area contributed by atoms with Crippen LogP contribution in [0.1, 0.15) is 124 Å². The first-order valence-electron chi connectivity index (χ1n) is 10.7. The molecule has 0 aromatic rings. The smallest absolute Gasteiger partial charge is 0.306 e. The van der Waals surface area contributed by atoms with Gasteiger partial charge in [0.05, 0.1) is 6.10 Å². The second kappa shape index (κ2) is 15.7. The number of esters is 1. The van der Waals surface area contributed by atoms with Crippen molar-refractivity contribution in [2.24, 2.45) is 0 Å². The van der Waals surface area contributed by atoms with Gasteiger partial charge in [-0.1, -0.05) is 77.6 Å². The molecular formula is C22H44O3. The van der Waals surface area contributed by atoms with Gasteiger partial charge in [0.2, 0.25) is 0 Å². The van der Waals surface area contributed by atoms with Gasteiger partial charge in [-0.05, 0) is 40.0 Å². The summed E-state index contributed by atoms with van der Waals surface area (Å²) in [6.07, 6.45) is 16.9. The predicted octanol–water partition coefficient (Wildman–Crippen LogP) is 6.56. The highest BCUT2D eigenvalue weighted by atomic mass is 16.6. The van der Waals surface area contributed by atoms with Crippen molar-refractivity contribution in [3.05, 3.63) is 0 Å². The third kappa shape index (κ3) is 19.6. The third-order valence-electron chi connectivity index (χ3n) is 4.48. The van der Waals surface area contributed by atoms with Gasteiger partial charge in [-0.25, -0.2) is 0 Å². The lowest BCUT2D eigenvalue weighted by atomic mass is 10.0. The number of hydrogen-bond donors (Lipinski definition) is 1. The van der Waals surface area contributed by atoms with Gasteiger partial charge in [0.1, 0.15) is 5.60 Å². The van der Waals surface area contributed by atoms with E-state index < -0.39 is 0 Å². The minimum atomic E-state index is -0.378. The van der Waals surface area contributed by atoms with Crippen LogP contribution in [0.2, 0.25) is 0 Å². The first kappa shape index (κ1) is 24.4. The quantitative estimate of drug-likeness (QED) is 0.251. The summed E-state index contributed by atoms with van der Waals surface area (Å²) in [5.74, 6) is -0.0952. The maximum absolute atomic E-state index is 11.6. The van der Waals surface area contributed by atoms with Crippen LogP contribution in [-0.4, -0.2) is 22.8 Å². The molecule has 0 fully saturated rings. The fraction of sp³-hybridized carbons (Fsp3) is 0.955. The predicted molar refractivity (Wildman–Crippen MR) is 107 cm³/mol. The number of ether oxygens (including phenoxy) is 1. The molecule has 1 atom stereocenters. The molecule has 3 heteroatoms. The molecule has 0 aromatic carbocycles. The zero-order valence-corrected chi connectivity index (χ0v) is 17.4. The van der Waals surface area contributed by atoms with Gasteiger partial charge >= 0.3 is 5.97 Å². The van der Waals surface area contributed by atoms with Crippen molar-refractivity contribution in [3.63, 3.8) is 0 Å². The number of hydrogen-bond acceptors (Lipinski definition) is 3. The van der Waals surface area contributed by atoms with E-state index in [1.807, 2.05) is 20.8 Å². The van der Waals surface area contributed by atoms with E-state index in [0.717, 1.165) is 44.9 Å². The third-order valence-corrected chi connectivity index (χ3v) is 4.48. The van der Waals surface area contributed by atoms with Gasteiger partial charge in [-0.2, -0.15) is 0 Å². The monoisotopic (exact) mass is 356 g/mol. The van der Waals surface area contributed by atoms with Crippen molar-refractivity contribution in [2.75, 3.05) is 0 Å². The Morgan fingerprint density at radius 1 is 0.800 bits per heavy atom. The Bertz CT molecular complexity index is 307. The van der Waals surface area contributed by atoms with Gasteiger partial charge in [-0.3, -0.25) is 4.79 Å². The Kier molecular flexibility index (Phi) is 15.3. The van der Waals surface area contributed by atoms with Crippen molar-refractivity contribution in [1.29, 1.82) is 0 Å². The minimum absolute atomic E-state index is 0.0952. The maximum Gasteiger partial charge on any atom is 0.306 e. The SMILES string of the molecule is CCCCCCCCCCC(O)CCCCCCC(=O)OC(C)(C)C. The minimum Gasteiger partial charge on any atom is -0.460 e. The highest BCUT2D eigenvalue weighted by Crippen LogP contribution is 2.15. The van der Waals surface area contributed by atoms with E-state index in [1.54, 1.807) is 0 Å². The average molecular weight is 357 g/mol. The summed E-state index contributed by atoms with van der Waals surface area (Å²) in [6.45, 7) is 7.96. The van der Waals surface area contributed by atoms with Crippen LogP contribution >= 0.6 is 0 Å². The van der Waals surface area contributed by atoms with Crippen LogP contribution < -0.4 is 0 Å². The van der Waals surface area contributed by atoms with Crippen LogP contribution in [0.4, 0.5) is 0 Å². The van der Waals surface area contributed by atoms with Crippen molar-refractivity contribution < 1.29 is 14.6 Å². The van der Waals surface area contributed by atoms with Crippen LogP contribution in [0.25, 0.3) is 0 Å². The van der Waals surface area contributed by atoms with E-state index in [2.05, 4.69) is 6.92 Å². The molecule has 0 radical (unpaired) electrons. The molecule has 0 aliphatic heterocycles. The summed E-state index contributed by atoms with van der Waals surface area (Å²) < 4.78 is 5.29. The number of rotatable bonds is 16. The molecule has 1 unspecified atom stereocenters. The molecule has 0 saturated heterocycles. The Hall–Kier alpha value is -0.570. The highest BCUT2D eigenvalue weighted by molar-refractivity contribution is 5.69. The zero-order valence-electron chi connectivity index (χ0n) is 17.4. The molecule has 0 spiro atoms. The van der Waals surface area contributed by atoms with Crippen LogP contribution in [-0.2, 0) is 9.53 Å². The molecule has 0 amide bonds. The first-order valence-corrected chi connectivity index (χ1v) is 10.7. The number of carbonyl (C=O) groups excluding carboxylic acids is 1. The fourth-order valence-corrected chi connectivity index (χ4v) is 3.05. The zero-order chi connectivity index (χ0) is 19.0. The topological polar surface area (TPSA) is 46.5 Å². The molecule has 0 aliphatic carbocycles. The molecule has 150 valence electrons. The van der Waals surface area contributed by atoms with Crippen LogP contribution in [0, 0.1) is 0 Å². The van der Waals surface area contributed by atoms with E-state index in [9.17, 15) is 9.90 Å². The molecule has 1 N–H and O–H groups in total. The van der Waals surface area contributed by atoms with Gasteiger partial charge in [-0.15, -0.1) is 0 Å². The average Bonchev–Trinajstić information content (AvgIpc) is 2.51. The largest absolute Gasteiger partial charge is 0.460 e. The van der Waals surface area contributed by atoms with Crippen LogP contribution in [0.3, 0.4) is 0 Å². The van der Waals surface area contributed by atoms with Crippen LogP contribution in [0.5, 0.6) is 0 Å². The fourth-order valence-electron chi connectivity index (χ4n) is 3.05. The lowest BCUT2D eigenvalue weighted by Crippen LogP contribution is -2.23. The molecule has 3 nitrogen and oxygen atoms in total. The van der Waals surface area contributed by atoms with Gasteiger partial charge in [0.25, 0.3) is 0 Å². The summed E-state index contributed by atoms with van der Waals surface area (Å²) >= 11 is 0. The first-order chi connectivity index (χ1) is 11.8. The number of unbranched alkanes of at least 4 members (excludes halogenated alkanes) is 10. The van der Waals surface area contributed by atoms with Gasteiger partial charge in [0.15, 0.2) is 0 Å². The summed E-state index contributed by atoms with van der Waals surface area (Å²) in [5.41, 5.74) is -0.378. The molecule has 0 heterocycles. The molecule has 0 bridgehead atoms. The maximum atomic E-state index is 11.6. The Balaban J connectivity index is 3.33. The highest BCUT2D eigenvalue weighted by Gasteiger charge is 2.15. The standard InChI is InChI=1S/C22H44O3/c1-5-6-7-8-9-10-11-14-17-20(23)18-15-12-13-16-19-21(24)25-22(2,3)4/h20,23H,5-19H2,1-4H3. The Morgan fingerprint density at radius 2 is 1.24 bits per heavy atom. The van der Waals surface area contributed by atoms with Crippen molar-refractivity contribution in [3.8, 4) is 0 Å². The van der Waals surface area contributed by atoms with Crippen LogP contribution in [0.15, 0.2) is 0 Å². The Morgan fingerprint density at radius 3 is 1.72 bits per heavy atom. The number of aliphatic hydroxyl groups excluding tert-OH is 1. The summed E-state index contributed by atoms with van der Waals surface area (Å²) in [6, 6.07) is 0. The number of carbonyl (C=O) groups is 1. The molecular weight excluding hydrogens is 312 g/mol. The molecule has 0 saturated carbocycles. The van der Waals surface area contributed by atoms with E-state index in [4.69, 9.17) is 4.74 Å². The summed E-state index contributed by atoms with van der Waals surface area (Å²) in [4.78, 5) is 11.6. The van der Waals surface area contributed by atoms with E-state index in [-0.39, 0.29) is 17.7 Å². The molecule has 0 rings (SSSR count). The van der Waals surface area contributed by atoms with E-state index >= 15 is 0 Å². The second-order valence-corrected chi connectivity index (χ2v) is 8.46. The molecule has 25 heavy (non-hydrogen) atoms. The molecule has 0 aromatic heterocycles. The van der Waals surface area contributed by atoms with Crippen molar-refractivity contribution in [1.82, 2.24) is 0 Å².